The smallest absolute Gasteiger partial charge is 0.383 e. The zero-order valence-corrected chi connectivity index (χ0v) is 22.0. The lowest BCUT2D eigenvalue weighted by atomic mass is 10.1. The molecule has 2 aromatic carbocycles. The average Bonchev–Trinajstić information content (AvgIpc) is 3.23. The molecule has 0 spiro atoms. The summed E-state index contributed by atoms with van der Waals surface area (Å²) in [5, 5.41) is 0.776. The highest BCUT2D eigenvalue weighted by molar-refractivity contribution is 7.21. The summed E-state index contributed by atoms with van der Waals surface area (Å²) in [5.41, 5.74) is 1.97. The molecule has 0 aliphatic carbocycles. The number of para-hydroxylation sites is 1. The van der Waals surface area contributed by atoms with E-state index < -0.39 is 0 Å². The molecule has 0 aliphatic rings. The second-order valence-corrected chi connectivity index (χ2v) is 9.88. The minimum atomic E-state index is -0.213. The monoisotopic (exact) mass is 495 g/mol. The van der Waals surface area contributed by atoms with Crippen molar-refractivity contribution in [1.82, 2.24) is 0 Å². The number of nitrogens with zero attached hydrogens (tertiary/aromatic N) is 2. The molecule has 0 N–H and O–H groups in total. The van der Waals surface area contributed by atoms with Crippen LogP contribution in [0, 0.1) is 0 Å². The fourth-order valence-corrected chi connectivity index (χ4v) is 5.05. The Morgan fingerprint density at radius 2 is 1.57 bits per heavy atom. The van der Waals surface area contributed by atoms with Crippen LogP contribution in [0.25, 0.3) is 10.2 Å². The van der Waals surface area contributed by atoms with Crippen LogP contribution in [-0.2, 0) is 16.1 Å². The van der Waals surface area contributed by atoms with Crippen LogP contribution in [0.3, 0.4) is 0 Å². The van der Waals surface area contributed by atoms with Gasteiger partial charge in [-0.15, -0.1) is 0 Å². The first kappa shape index (κ1) is 26.9. The molecule has 35 heavy (non-hydrogen) atoms. The predicted octanol–water partition coefficient (Wildman–Crippen LogP) is 7.41. The van der Waals surface area contributed by atoms with Crippen molar-refractivity contribution in [3.05, 3.63) is 54.1 Å². The molecule has 188 valence electrons. The third kappa shape index (κ3) is 9.10. The first-order valence-corrected chi connectivity index (χ1v) is 13.8. The molecule has 0 aliphatic heterocycles. The van der Waals surface area contributed by atoms with E-state index >= 15 is 0 Å². The van der Waals surface area contributed by atoms with Crippen LogP contribution >= 0.6 is 11.3 Å². The molecule has 3 rings (SSSR count). The van der Waals surface area contributed by atoms with Crippen molar-refractivity contribution in [1.29, 1.82) is 0 Å². The largest absolute Gasteiger partial charge is 0.497 e. The lowest BCUT2D eigenvalue weighted by Gasteiger charge is -2.05. The fourth-order valence-electron chi connectivity index (χ4n) is 4.04. The summed E-state index contributed by atoms with van der Waals surface area (Å²) in [6, 6.07) is 15.8. The summed E-state index contributed by atoms with van der Waals surface area (Å²) < 4.78 is 13.8. The highest BCUT2D eigenvalue weighted by Crippen LogP contribution is 2.26. The number of rotatable bonds is 16. The maximum atomic E-state index is 12.6. The Balaban J connectivity index is 1.47. The molecule has 0 fully saturated rings. The van der Waals surface area contributed by atoms with Crippen molar-refractivity contribution in [2.24, 2.45) is 4.99 Å². The summed E-state index contributed by atoms with van der Waals surface area (Å²) in [6.45, 7) is 2.91. The van der Waals surface area contributed by atoms with Gasteiger partial charge in [0.1, 0.15) is 17.5 Å². The molecule has 1 aromatic heterocycles. The lowest BCUT2D eigenvalue weighted by Crippen LogP contribution is -2.37. The molecule has 0 saturated carbocycles. The molecule has 0 atom stereocenters. The second kappa shape index (κ2) is 15.3. The van der Waals surface area contributed by atoms with Crippen molar-refractivity contribution in [3.8, 4) is 5.75 Å². The van der Waals surface area contributed by atoms with Gasteiger partial charge in [-0.25, -0.2) is 9.36 Å². The van der Waals surface area contributed by atoms with Gasteiger partial charge < -0.3 is 9.47 Å². The number of fused-ring (bicyclic) bond motifs is 1. The Hall–Kier alpha value is -2.73. The Labute approximate surface area is 213 Å². The summed E-state index contributed by atoms with van der Waals surface area (Å²) >= 11 is 1.57. The number of esters is 1. The molecule has 0 unspecified atom stereocenters. The number of thiazole rings is 1. The summed E-state index contributed by atoms with van der Waals surface area (Å²) in [6.07, 6.45) is 14.5. The Kier molecular flexibility index (Phi) is 11.7. The first-order valence-electron chi connectivity index (χ1n) is 13.0. The van der Waals surface area contributed by atoms with Gasteiger partial charge in [0, 0.05) is 5.56 Å². The highest BCUT2D eigenvalue weighted by Gasteiger charge is 2.21. The van der Waals surface area contributed by atoms with Crippen LogP contribution in [-0.4, -0.2) is 25.9 Å². The number of carbonyl (C=O) groups excluding carboxylic acids is 1. The topological polar surface area (TPSA) is 51.8 Å². The standard InChI is InChI=1S/C29H39N2O3S/c1-3-4-5-6-7-8-9-10-11-14-21-34-28(32)23-31-26-15-12-13-16-27(26)35-29(31)30-22-24-17-19-25(33-2)20-18-24/h12-13,15-20,22H,3-11,14,21,23H2,1-2H3/q+1. The molecule has 5 nitrogen and oxygen atoms in total. The number of ether oxygens (including phenoxy) is 2. The number of aliphatic imine (C=N–C) groups is 1. The molecule has 6 heteroatoms. The fraction of sp³-hybridized carbons (Fsp3) is 0.483. The van der Waals surface area contributed by atoms with E-state index in [4.69, 9.17) is 14.5 Å². The first-order chi connectivity index (χ1) is 17.2. The van der Waals surface area contributed by atoms with Crippen LogP contribution in [0.5, 0.6) is 5.75 Å². The van der Waals surface area contributed by atoms with Crippen LogP contribution < -0.4 is 9.30 Å². The van der Waals surface area contributed by atoms with E-state index in [1.165, 1.54) is 51.4 Å². The highest BCUT2D eigenvalue weighted by atomic mass is 32.1. The molecule has 0 saturated heterocycles. The molecule has 3 aromatic rings. The van der Waals surface area contributed by atoms with Gasteiger partial charge >= 0.3 is 11.1 Å². The van der Waals surface area contributed by atoms with Crippen LogP contribution in [0.15, 0.2) is 53.5 Å². The molecule has 1 heterocycles. The van der Waals surface area contributed by atoms with E-state index in [1.54, 1.807) is 18.4 Å². The van der Waals surface area contributed by atoms with Gasteiger partial charge in [-0.05, 0) is 59.1 Å². The van der Waals surface area contributed by atoms with Crippen molar-refractivity contribution in [3.63, 3.8) is 0 Å². The van der Waals surface area contributed by atoms with Gasteiger partial charge in [0.15, 0.2) is 6.54 Å². The third-order valence-electron chi connectivity index (χ3n) is 6.08. The van der Waals surface area contributed by atoms with Crippen molar-refractivity contribution in [2.45, 2.75) is 77.7 Å². The molecule has 0 radical (unpaired) electrons. The van der Waals surface area contributed by atoms with E-state index in [9.17, 15) is 4.79 Å². The zero-order chi connectivity index (χ0) is 24.7. The number of hydrogen-bond acceptors (Lipinski definition) is 5. The molecule has 0 bridgehead atoms. The second-order valence-electron chi connectivity index (χ2n) is 8.87. The Morgan fingerprint density at radius 3 is 2.26 bits per heavy atom. The molecule has 0 amide bonds. The number of methoxy groups -OCH3 is 1. The Bertz CT molecular complexity index is 1060. The van der Waals surface area contributed by atoms with Crippen LogP contribution in [0.1, 0.15) is 76.7 Å². The van der Waals surface area contributed by atoms with Crippen LogP contribution in [0.4, 0.5) is 5.13 Å². The zero-order valence-electron chi connectivity index (χ0n) is 21.2. The minimum Gasteiger partial charge on any atom is -0.497 e. The lowest BCUT2D eigenvalue weighted by molar-refractivity contribution is -0.643. The minimum absolute atomic E-state index is 0.164. The van der Waals surface area contributed by atoms with Gasteiger partial charge in [-0.1, -0.05) is 76.8 Å². The normalized spacial score (nSPS) is 11.4. The number of benzene rings is 2. The van der Waals surface area contributed by atoms with Crippen molar-refractivity contribution < 1.29 is 18.8 Å². The Morgan fingerprint density at radius 1 is 0.914 bits per heavy atom. The number of aromatic nitrogens is 1. The van der Waals surface area contributed by atoms with E-state index in [1.807, 2.05) is 53.2 Å². The molecular formula is C29H39N2O3S+. The summed E-state index contributed by atoms with van der Waals surface area (Å²) in [5.74, 6) is 0.597. The van der Waals surface area contributed by atoms with Gasteiger partial charge in [0.25, 0.3) is 0 Å². The van der Waals surface area contributed by atoms with Crippen molar-refractivity contribution in [2.75, 3.05) is 13.7 Å². The number of hydrogen-bond donors (Lipinski definition) is 0. The third-order valence-corrected chi connectivity index (χ3v) is 7.15. The predicted molar refractivity (Wildman–Crippen MR) is 145 cm³/mol. The number of unbranched alkanes of at least 4 members (excludes halogenated alkanes) is 9. The van der Waals surface area contributed by atoms with Gasteiger partial charge in [0.2, 0.25) is 0 Å². The summed E-state index contributed by atoms with van der Waals surface area (Å²) in [4.78, 5) is 17.3. The van der Waals surface area contributed by atoms with Gasteiger partial charge in [-0.3, -0.25) is 0 Å². The van der Waals surface area contributed by atoms with Gasteiger partial charge in [0.05, 0.1) is 18.4 Å². The maximum Gasteiger partial charge on any atom is 0.383 e. The van der Waals surface area contributed by atoms with Crippen molar-refractivity contribution >= 4 is 38.9 Å². The van der Waals surface area contributed by atoms with E-state index in [0.717, 1.165) is 39.5 Å². The average molecular weight is 496 g/mol. The van der Waals surface area contributed by atoms with E-state index in [0.29, 0.717) is 6.61 Å². The van der Waals surface area contributed by atoms with Gasteiger partial charge in [-0.2, -0.15) is 0 Å². The molecular weight excluding hydrogens is 456 g/mol. The van der Waals surface area contributed by atoms with Crippen LogP contribution in [0.2, 0.25) is 0 Å². The number of carbonyl (C=O) groups is 1. The van der Waals surface area contributed by atoms with E-state index in [-0.39, 0.29) is 12.5 Å². The quantitative estimate of drug-likeness (QED) is 0.0899. The van der Waals surface area contributed by atoms with E-state index in [2.05, 4.69) is 13.0 Å². The SMILES string of the molecule is CCCCCCCCCCCCOC(=O)C[n+]1c(N=Cc2ccc(OC)cc2)sc2ccccc21. The maximum absolute atomic E-state index is 12.6. The summed E-state index contributed by atoms with van der Waals surface area (Å²) in [7, 11) is 1.65.